The number of nitriles is 1. The Bertz CT molecular complexity index is 692. The van der Waals surface area contributed by atoms with Crippen molar-refractivity contribution >= 4 is 0 Å². The third-order valence-electron chi connectivity index (χ3n) is 3.54. The molecular formula is C17H17FN2O. The second-order valence-electron chi connectivity index (χ2n) is 4.78. The molecule has 1 unspecified atom stereocenters. The lowest BCUT2D eigenvalue weighted by atomic mass is 9.97. The van der Waals surface area contributed by atoms with Gasteiger partial charge in [-0.25, -0.2) is 4.39 Å². The van der Waals surface area contributed by atoms with Gasteiger partial charge in [0.05, 0.1) is 18.7 Å². The minimum absolute atomic E-state index is 0.106. The van der Waals surface area contributed by atoms with Gasteiger partial charge >= 0.3 is 0 Å². The van der Waals surface area contributed by atoms with Crippen LogP contribution in [0.3, 0.4) is 0 Å². The molecule has 0 saturated carbocycles. The Morgan fingerprint density at radius 1 is 1.19 bits per heavy atom. The maximum atomic E-state index is 14.2. The van der Waals surface area contributed by atoms with E-state index < -0.39 is 0 Å². The van der Waals surface area contributed by atoms with Crippen LogP contribution in [0.4, 0.5) is 4.39 Å². The van der Waals surface area contributed by atoms with Crippen LogP contribution in [0, 0.1) is 17.1 Å². The molecule has 1 N–H and O–H groups in total. The summed E-state index contributed by atoms with van der Waals surface area (Å²) in [5.74, 6) is 0.206. The van der Waals surface area contributed by atoms with Crippen molar-refractivity contribution in [1.29, 1.82) is 5.26 Å². The van der Waals surface area contributed by atoms with Gasteiger partial charge in [0.1, 0.15) is 11.6 Å². The molecule has 0 aliphatic heterocycles. The fraction of sp³-hybridized carbons (Fsp3) is 0.235. The summed E-state index contributed by atoms with van der Waals surface area (Å²) >= 11 is 0. The first-order valence-electron chi connectivity index (χ1n) is 6.66. The summed E-state index contributed by atoms with van der Waals surface area (Å²) in [5.41, 5.74) is 2.46. The molecule has 2 aromatic rings. The quantitative estimate of drug-likeness (QED) is 0.932. The zero-order chi connectivity index (χ0) is 15.4. The monoisotopic (exact) mass is 284 g/mol. The van der Waals surface area contributed by atoms with E-state index in [1.165, 1.54) is 13.2 Å². The second kappa shape index (κ2) is 6.38. The van der Waals surface area contributed by atoms with E-state index >= 15 is 0 Å². The van der Waals surface area contributed by atoms with Crippen LogP contribution in [0.2, 0.25) is 0 Å². The van der Waals surface area contributed by atoms with E-state index in [0.29, 0.717) is 22.4 Å². The molecular weight excluding hydrogens is 267 g/mol. The Morgan fingerprint density at radius 2 is 1.95 bits per heavy atom. The first-order chi connectivity index (χ1) is 10.1. The summed E-state index contributed by atoms with van der Waals surface area (Å²) in [4.78, 5) is 0. The van der Waals surface area contributed by atoms with Crippen LogP contribution in [0.1, 0.15) is 24.1 Å². The van der Waals surface area contributed by atoms with Crippen LogP contribution in [0.15, 0.2) is 36.4 Å². The zero-order valence-electron chi connectivity index (χ0n) is 12.3. The molecule has 0 heterocycles. The molecule has 21 heavy (non-hydrogen) atoms. The average Bonchev–Trinajstić information content (AvgIpc) is 2.53. The highest BCUT2D eigenvalue weighted by molar-refractivity contribution is 5.73. The van der Waals surface area contributed by atoms with Gasteiger partial charge in [0, 0.05) is 17.2 Å². The van der Waals surface area contributed by atoms with Crippen molar-refractivity contribution in [3.05, 3.63) is 53.3 Å². The molecule has 0 saturated heterocycles. The van der Waals surface area contributed by atoms with Crippen molar-refractivity contribution in [3.63, 3.8) is 0 Å². The van der Waals surface area contributed by atoms with Gasteiger partial charge in [0.15, 0.2) is 0 Å². The standard InChI is InChI=1S/C17H17FN2O/c1-11(20-2)13-5-6-16(18)14(9-13)15-8-12(10-19)4-7-17(15)21-3/h4-9,11,20H,1-3H3. The van der Waals surface area contributed by atoms with E-state index in [9.17, 15) is 4.39 Å². The van der Waals surface area contributed by atoms with E-state index in [2.05, 4.69) is 11.4 Å². The minimum atomic E-state index is -0.338. The number of halogens is 1. The summed E-state index contributed by atoms with van der Waals surface area (Å²) in [7, 11) is 3.38. The highest BCUT2D eigenvalue weighted by Crippen LogP contribution is 2.34. The smallest absolute Gasteiger partial charge is 0.131 e. The lowest BCUT2D eigenvalue weighted by Crippen LogP contribution is -2.12. The van der Waals surface area contributed by atoms with Crippen LogP contribution in [0.25, 0.3) is 11.1 Å². The molecule has 1 atom stereocenters. The topological polar surface area (TPSA) is 45.0 Å². The molecule has 0 fully saturated rings. The van der Waals surface area contributed by atoms with Crippen molar-refractivity contribution in [1.82, 2.24) is 5.32 Å². The van der Waals surface area contributed by atoms with E-state index in [1.807, 2.05) is 14.0 Å². The van der Waals surface area contributed by atoms with E-state index in [0.717, 1.165) is 5.56 Å². The lowest BCUT2D eigenvalue weighted by molar-refractivity contribution is 0.416. The molecule has 2 aromatic carbocycles. The normalized spacial score (nSPS) is 11.8. The Morgan fingerprint density at radius 3 is 2.57 bits per heavy atom. The molecule has 0 aliphatic rings. The van der Waals surface area contributed by atoms with Crippen molar-refractivity contribution in [2.24, 2.45) is 0 Å². The number of nitrogens with zero attached hydrogens (tertiary/aromatic N) is 1. The SMILES string of the molecule is CNC(C)c1ccc(F)c(-c2cc(C#N)ccc2OC)c1. The van der Waals surface area contributed by atoms with E-state index in [1.54, 1.807) is 30.3 Å². The third kappa shape index (κ3) is 3.04. The maximum Gasteiger partial charge on any atom is 0.131 e. The molecule has 0 aliphatic carbocycles. The fourth-order valence-corrected chi connectivity index (χ4v) is 2.17. The molecule has 2 rings (SSSR count). The van der Waals surface area contributed by atoms with Crippen LogP contribution in [-0.4, -0.2) is 14.2 Å². The lowest BCUT2D eigenvalue weighted by Gasteiger charge is -2.15. The maximum absolute atomic E-state index is 14.2. The number of nitrogens with one attached hydrogen (secondary N) is 1. The van der Waals surface area contributed by atoms with Crippen molar-refractivity contribution in [2.75, 3.05) is 14.2 Å². The van der Waals surface area contributed by atoms with Crippen molar-refractivity contribution < 1.29 is 9.13 Å². The van der Waals surface area contributed by atoms with Crippen molar-refractivity contribution in [3.8, 4) is 22.9 Å². The molecule has 0 amide bonds. The first kappa shape index (κ1) is 15.0. The molecule has 0 radical (unpaired) electrons. The summed E-state index contributed by atoms with van der Waals surface area (Å²) in [6, 6.07) is 12.1. The Balaban J connectivity index is 2.63. The first-order valence-corrected chi connectivity index (χ1v) is 6.66. The summed E-state index contributed by atoms with van der Waals surface area (Å²) in [6.45, 7) is 2.00. The number of hydrogen-bond donors (Lipinski definition) is 1. The van der Waals surface area contributed by atoms with Gasteiger partial charge in [-0.3, -0.25) is 0 Å². The molecule has 0 bridgehead atoms. The fourth-order valence-electron chi connectivity index (χ4n) is 2.17. The van der Waals surface area contributed by atoms with Gasteiger partial charge in [0.2, 0.25) is 0 Å². The van der Waals surface area contributed by atoms with Crippen LogP contribution in [-0.2, 0) is 0 Å². The summed E-state index contributed by atoms with van der Waals surface area (Å²) < 4.78 is 19.5. The van der Waals surface area contributed by atoms with Gasteiger partial charge < -0.3 is 10.1 Å². The van der Waals surface area contributed by atoms with E-state index in [-0.39, 0.29) is 11.9 Å². The number of methoxy groups -OCH3 is 1. The van der Waals surface area contributed by atoms with Gasteiger partial charge in [-0.2, -0.15) is 5.26 Å². The van der Waals surface area contributed by atoms with E-state index in [4.69, 9.17) is 10.00 Å². The van der Waals surface area contributed by atoms with Gasteiger partial charge in [-0.1, -0.05) is 6.07 Å². The van der Waals surface area contributed by atoms with Gasteiger partial charge in [0.25, 0.3) is 0 Å². The van der Waals surface area contributed by atoms with Crippen LogP contribution < -0.4 is 10.1 Å². The van der Waals surface area contributed by atoms with Crippen molar-refractivity contribution in [2.45, 2.75) is 13.0 Å². The average molecular weight is 284 g/mol. The Labute approximate surface area is 124 Å². The summed E-state index contributed by atoms with van der Waals surface area (Å²) in [5, 5.41) is 12.2. The number of hydrogen-bond acceptors (Lipinski definition) is 3. The minimum Gasteiger partial charge on any atom is -0.496 e. The Hall–Kier alpha value is -2.38. The highest BCUT2D eigenvalue weighted by atomic mass is 19.1. The largest absolute Gasteiger partial charge is 0.496 e. The third-order valence-corrected chi connectivity index (χ3v) is 3.54. The number of ether oxygens (including phenoxy) is 1. The van der Waals surface area contributed by atoms with Crippen LogP contribution >= 0.6 is 0 Å². The molecule has 0 aromatic heterocycles. The summed E-state index contributed by atoms with van der Waals surface area (Å²) in [6.07, 6.45) is 0. The molecule has 0 spiro atoms. The highest BCUT2D eigenvalue weighted by Gasteiger charge is 2.14. The molecule has 108 valence electrons. The van der Waals surface area contributed by atoms with Crippen LogP contribution in [0.5, 0.6) is 5.75 Å². The van der Waals surface area contributed by atoms with Gasteiger partial charge in [-0.05, 0) is 49.9 Å². The zero-order valence-corrected chi connectivity index (χ0v) is 12.3. The predicted molar refractivity (Wildman–Crippen MR) is 80.6 cm³/mol. The number of benzene rings is 2. The molecule has 4 heteroatoms. The second-order valence-corrected chi connectivity index (χ2v) is 4.78. The molecule has 3 nitrogen and oxygen atoms in total. The van der Waals surface area contributed by atoms with Gasteiger partial charge in [-0.15, -0.1) is 0 Å². The predicted octanol–water partition coefficient (Wildman–Crippen LogP) is 3.65. The number of rotatable bonds is 4. The Kier molecular flexibility index (Phi) is 4.56.